The number of aliphatic hydroxyl groups is 1. The first-order valence-corrected chi connectivity index (χ1v) is 9.35. The summed E-state index contributed by atoms with van der Waals surface area (Å²) in [5.74, 6) is 0.380. The number of rotatable bonds is 2. The molecule has 1 unspecified atom stereocenters. The topological polar surface area (TPSA) is 58.5 Å². The number of halogens is 2. The van der Waals surface area contributed by atoms with Gasteiger partial charge in [-0.2, -0.15) is 0 Å². The summed E-state index contributed by atoms with van der Waals surface area (Å²) in [4.78, 5) is 10.7. The minimum Gasteiger partial charge on any atom is -0.389 e. The van der Waals surface area contributed by atoms with Gasteiger partial charge in [0.15, 0.2) is 0 Å². The number of hydrogen-bond acceptors (Lipinski definition) is 5. The van der Waals surface area contributed by atoms with Crippen LogP contribution in [-0.4, -0.2) is 57.9 Å². The SMILES string of the molecule is C[C@@]1(N2CCC(c3cc4nc(Cl)ncc4cc3Cl)CC2)COCC1O. The quantitative estimate of drug-likeness (QED) is 0.808. The second-order valence-corrected chi connectivity index (χ2v) is 7.97. The second-order valence-electron chi connectivity index (χ2n) is 7.22. The zero-order chi connectivity index (χ0) is 17.6. The first kappa shape index (κ1) is 17.4. The molecule has 7 heteroatoms. The Morgan fingerprint density at radius 1 is 1.28 bits per heavy atom. The molecule has 4 rings (SSSR count). The van der Waals surface area contributed by atoms with E-state index in [1.54, 1.807) is 6.20 Å². The van der Waals surface area contributed by atoms with Crippen molar-refractivity contribution in [3.8, 4) is 0 Å². The first-order valence-electron chi connectivity index (χ1n) is 8.60. The molecule has 2 saturated heterocycles. The number of nitrogens with zero attached hydrogens (tertiary/aromatic N) is 3. The fraction of sp³-hybridized carbons (Fsp3) is 0.556. The van der Waals surface area contributed by atoms with Crippen molar-refractivity contribution < 1.29 is 9.84 Å². The summed E-state index contributed by atoms with van der Waals surface area (Å²) in [5, 5.41) is 12.2. The Hall–Kier alpha value is -0.980. The first-order chi connectivity index (χ1) is 12.0. The molecule has 1 aromatic heterocycles. The highest BCUT2D eigenvalue weighted by atomic mass is 35.5. The molecule has 0 bridgehead atoms. The molecular weight excluding hydrogens is 361 g/mol. The molecule has 2 atom stereocenters. The summed E-state index contributed by atoms with van der Waals surface area (Å²) >= 11 is 12.4. The van der Waals surface area contributed by atoms with Crippen molar-refractivity contribution in [1.82, 2.24) is 14.9 Å². The number of aromatic nitrogens is 2. The van der Waals surface area contributed by atoms with E-state index >= 15 is 0 Å². The Balaban J connectivity index is 1.54. The van der Waals surface area contributed by atoms with Crippen molar-refractivity contribution in [3.05, 3.63) is 34.2 Å². The van der Waals surface area contributed by atoms with Crippen LogP contribution in [0.3, 0.4) is 0 Å². The summed E-state index contributed by atoms with van der Waals surface area (Å²) in [5.41, 5.74) is 1.67. The maximum Gasteiger partial charge on any atom is 0.222 e. The minimum atomic E-state index is -0.424. The van der Waals surface area contributed by atoms with Crippen LogP contribution in [0.1, 0.15) is 31.2 Å². The van der Waals surface area contributed by atoms with Gasteiger partial charge in [-0.3, -0.25) is 4.90 Å². The summed E-state index contributed by atoms with van der Waals surface area (Å²) < 4.78 is 5.48. The lowest BCUT2D eigenvalue weighted by Crippen LogP contribution is -2.56. The summed E-state index contributed by atoms with van der Waals surface area (Å²) in [6.07, 6.45) is 3.26. The molecule has 5 nitrogen and oxygen atoms in total. The molecule has 0 radical (unpaired) electrons. The van der Waals surface area contributed by atoms with Gasteiger partial charge in [0.1, 0.15) is 0 Å². The van der Waals surface area contributed by atoms with Gasteiger partial charge in [0.25, 0.3) is 0 Å². The van der Waals surface area contributed by atoms with E-state index in [9.17, 15) is 5.11 Å². The molecule has 25 heavy (non-hydrogen) atoms. The van der Waals surface area contributed by atoms with Crippen LogP contribution < -0.4 is 0 Å². The Morgan fingerprint density at radius 3 is 2.72 bits per heavy atom. The number of hydrogen-bond donors (Lipinski definition) is 1. The van der Waals surface area contributed by atoms with E-state index in [2.05, 4.69) is 21.8 Å². The van der Waals surface area contributed by atoms with E-state index in [1.807, 2.05) is 12.1 Å². The largest absolute Gasteiger partial charge is 0.389 e. The lowest BCUT2D eigenvalue weighted by atomic mass is 9.85. The highest BCUT2D eigenvalue weighted by Gasteiger charge is 2.44. The van der Waals surface area contributed by atoms with Gasteiger partial charge in [0.2, 0.25) is 5.28 Å². The van der Waals surface area contributed by atoms with Gasteiger partial charge >= 0.3 is 0 Å². The third-order valence-electron chi connectivity index (χ3n) is 5.71. The second kappa shape index (κ2) is 6.63. The average molecular weight is 382 g/mol. The van der Waals surface area contributed by atoms with E-state index in [4.69, 9.17) is 27.9 Å². The number of piperidine rings is 1. The fourth-order valence-corrected chi connectivity index (χ4v) is 4.48. The molecule has 2 aliphatic rings. The lowest BCUT2D eigenvalue weighted by Gasteiger charge is -2.43. The molecule has 1 N–H and O–H groups in total. The fourth-order valence-electron chi connectivity index (χ4n) is 4.01. The normalized spacial score (nSPS) is 28.7. The van der Waals surface area contributed by atoms with Crippen molar-refractivity contribution in [2.24, 2.45) is 0 Å². The van der Waals surface area contributed by atoms with Gasteiger partial charge < -0.3 is 9.84 Å². The third kappa shape index (κ3) is 3.13. The van der Waals surface area contributed by atoms with Crippen molar-refractivity contribution >= 4 is 34.1 Å². The third-order valence-corrected chi connectivity index (χ3v) is 6.22. The zero-order valence-electron chi connectivity index (χ0n) is 14.1. The van der Waals surface area contributed by atoms with Crippen LogP contribution in [0, 0.1) is 0 Å². The number of ether oxygens (including phenoxy) is 1. The molecule has 3 heterocycles. The Kier molecular flexibility index (Phi) is 4.63. The number of aliphatic hydroxyl groups excluding tert-OH is 1. The van der Waals surface area contributed by atoms with Crippen LogP contribution in [0.5, 0.6) is 0 Å². The van der Waals surface area contributed by atoms with Crippen molar-refractivity contribution in [3.63, 3.8) is 0 Å². The molecule has 0 saturated carbocycles. The van der Waals surface area contributed by atoms with E-state index in [0.29, 0.717) is 19.1 Å². The number of benzene rings is 1. The molecule has 2 aromatic rings. The molecule has 2 fully saturated rings. The van der Waals surface area contributed by atoms with E-state index in [0.717, 1.165) is 47.4 Å². The Morgan fingerprint density at radius 2 is 2.04 bits per heavy atom. The standard InChI is InChI=1S/C18H21Cl2N3O2/c1-18(10-25-9-16(18)24)23-4-2-11(3-5-23)13-7-15-12(6-14(13)19)8-21-17(20)22-15/h6-8,11,16,24H,2-5,9-10H2,1H3/t16?,18-/m1/s1. The van der Waals surface area contributed by atoms with Crippen molar-refractivity contribution in [2.45, 2.75) is 37.3 Å². The van der Waals surface area contributed by atoms with Gasteiger partial charge in [-0.1, -0.05) is 11.6 Å². The molecule has 0 aliphatic carbocycles. The van der Waals surface area contributed by atoms with Gasteiger partial charge in [0, 0.05) is 16.6 Å². The van der Waals surface area contributed by atoms with Crippen LogP contribution >= 0.6 is 23.2 Å². The molecule has 2 aliphatic heterocycles. The van der Waals surface area contributed by atoms with E-state index < -0.39 is 6.10 Å². The van der Waals surface area contributed by atoms with Crippen LogP contribution in [0.2, 0.25) is 10.3 Å². The average Bonchev–Trinajstić information content (AvgIpc) is 2.95. The summed E-state index contributed by atoms with van der Waals surface area (Å²) in [6, 6.07) is 3.96. The number of likely N-dealkylation sites (tertiary alicyclic amines) is 1. The maximum atomic E-state index is 10.3. The summed E-state index contributed by atoms with van der Waals surface area (Å²) in [7, 11) is 0. The smallest absolute Gasteiger partial charge is 0.222 e. The van der Waals surface area contributed by atoms with Gasteiger partial charge in [0.05, 0.1) is 30.4 Å². The molecule has 0 amide bonds. The Bertz CT molecular complexity index is 795. The highest BCUT2D eigenvalue weighted by molar-refractivity contribution is 6.32. The predicted octanol–water partition coefficient (Wildman–Crippen LogP) is 3.27. The van der Waals surface area contributed by atoms with E-state index in [1.165, 1.54) is 0 Å². The zero-order valence-corrected chi connectivity index (χ0v) is 15.6. The molecular formula is C18H21Cl2N3O2. The minimum absolute atomic E-state index is 0.249. The van der Waals surface area contributed by atoms with Crippen LogP contribution in [0.4, 0.5) is 0 Å². The molecule has 0 spiro atoms. The van der Waals surface area contributed by atoms with Crippen LogP contribution in [0.25, 0.3) is 10.9 Å². The van der Waals surface area contributed by atoms with Crippen molar-refractivity contribution in [2.75, 3.05) is 26.3 Å². The maximum absolute atomic E-state index is 10.3. The van der Waals surface area contributed by atoms with Crippen molar-refractivity contribution in [1.29, 1.82) is 0 Å². The van der Waals surface area contributed by atoms with Gasteiger partial charge in [-0.05, 0) is 68.1 Å². The Labute approximate surface area is 156 Å². The molecule has 134 valence electrons. The molecule has 1 aromatic carbocycles. The van der Waals surface area contributed by atoms with E-state index in [-0.39, 0.29) is 10.8 Å². The van der Waals surface area contributed by atoms with Crippen LogP contribution in [0.15, 0.2) is 18.3 Å². The van der Waals surface area contributed by atoms with Gasteiger partial charge in [-0.15, -0.1) is 0 Å². The monoisotopic (exact) mass is 381 g/mol. The highest BCUT2D eigenvalue weighted by Crippen LogP contribution is 2.38. The van der Waals surface area contributed by atoms with Crippen LogP contribution in [-0.2, 0) is 4.74 Å². The number of fused-ring (bicyclic) bond motifs is 1. The predicted molar refractivity (Wildman–Crippen MR) is 98.3 cm³/mol. The van der Waals surface area contributed by atoms with Gasteiger partial charge in [-0.25, -0.2) is 9.97 Å². The summed E-state index contributed by atoms with van der Waals surface area (Å²) in [6.45, 7) is 4.94. The lowest BCUT2D eigenvalue weighted by molar-refractivity contribution is -0.00211.